The van der Waals surface area contributed by atoms with Gasteiger partial charge in [0.25, 0.3) is 0 Å². The van der Waals surface area contributed by atoms with E-state index in [0.29, 0.717) is 12.5 Å². The van der Waals surface area contributed by atoms with Crippen molar-refractivity contribution < 1.29 is 8.42 Å². The van der Waals surface area contributed by atoms with E-state index >= 15 is 0 Å². The molecule has 0 unspecified atom stereocenters. The molecule has 0 aliphatic heterocycles. The molecule has 5 nitrogen and oxygen atoms in total. The van der Waals surface area contributed by atoms with E-state index in [1.54, 1.807) is 17.5 Å². The number of nitrogens with zero attached hydrogens (tertiary/aromatic N) is 3. The predicted octanol–water partition coefficient (Wildman–Crippen LogP) is 3.55. The average Bonchev–Trinajstić information content (AvgIpc) is 3.04. The normalized spacial score (nSPS) is 16.6. The summed E-state index contributed by atoms with van der Waals surface area (Å²) in [5.74, 6) is 0.556. The molecule has 0 atom stereocenters. The number of pyridine rings is 1. The standard InChI is InChI=1S/C17H23N3O2S2/c1-24(21,22)20(11-15-9-5-6-10-18-15)12-16-13-23-17(19-16)14-7-3-2-4-8-14/h5-6,9-10,13-14H,2-4,7-8,11-12H2,1H3. The van der Waals surface area contributed by atoms with Crippen LogP contribution in [0.5, 0.6) is 0 Å². The van der Waals surface area contributed by atoms with Gasteiger partial charge >= 0.3 is 0 Å². The van der Waals surface area contributed by atoms with Gasteiger partial charge in [0, 0.05) is 17.5 Å². The Morgan fingerprint density at radius 1 is 1.17 bits per heavy atom. The molecule has 0 radical (unpaired) electrons. The van der Waals surface area contributed by atoms with Gasteiger partial charge in [0.15, 0.2) is 0 Å². The third-order valence-corrected chi connectivity index (χ3v) is 6.65. The van der Waals surface area contributed by atoms with Crippen LogP contribution in [-0.2, 0) is 23.1 Å². The predicted molar refractivity (Wildman–Crippen MR) is 96.3 cm³/mol. The highest BCUT2D eigenvalue weighted by Crippen LogP contribution is 2.34. The van der Waals surface area contributed by atoms with Gasteiger partial charge in [0.05, 0.1) is 35.7 Å². The molecule has 2 heterocycles. The summed E-state index contributed by atoms with van der Waals surface area (Å²) in [5.41, 5.74) is 1.58. The van der Waals surface area contributed by atoms with Crippen molar-refractivity contribution in [3.8, 4) is 0 Å². The second kappa shape index (κ2) is 7.72. The van der Waals surface area contributed by atoms with Crippen LogP contribution in [0.15, 0.2) is 29.8 Å². The maximum absolute atomic E-state index is 12.1. The van der Waals surface area contributed by atoms with Crippen LogP contribution in [0.3, 0.4) is 0 Å². The van der Waals surface area contributed by atoms with Crippen LogP contribution in [0.2, 0.25) is 0 Å². The molecule has 24 heavy (non-hydrogen) atoms. The van der Waals surface area contributed by atoms with Crippen LogP contribution in [0.25, 0.3) is 0 Å². The summed E-state index contributed by atoms with van der Waals surface area (Å²) in [6.45, 7) is 0.578. The van der Waals surface area contributed by atoms with Gasteiger partial charge in [-0.1, -0.05) is 25.3 Å². The Balaban J connectivity index is 1.72. The fourth-order valence-electron chi connectivity index (χ4n) is 3.08. The number of thiazole rings is 1. The molecule has 1 saturated carbocycles. The lowest BCUT2D eigenvalue weighted by molar-refractivity contribution is 0.395. The Morgan fingerprint density at radius 3 is 2.58 bits per heavy atom. The third-order valence-electron chi connectivity index (χ3n) is 4.40. The molecule has 2 aromatic rings. The van der Waals surface area contributed by atoms with Crippen molar-refractivity contribution in [3.63, 3.8) is 0 Å². The van der Waals surface area contributed by atoms with Crippen LogP contribution in [0.4, 0.5) is 0 Å². The molecule has 1 aliphatic carbocycles. The molecule has 0 N–H and O–H groups in total. The molecule has 1 aliphatic rings. The van der Waals surface area contributed by atoms with Gasteiger partial charge in [-0.2, -0.15) is 4.31 Å². The average molecular weight is 366 g/mol. The maximum Gasteiger partial charge on any atom is 0.211 e. The number of rotatable bonds is 6. The lowest BCUT2D eigenvalue weighted by Crippen LogP contribution is -2.29. The maximum atomic E-state index is 12.1. The lowest BCUT2D eigenvalue weighted by atomic mass is 9.90. The van der Waals surface area contributed by atoms with E-state index in [1.807, 2.05) is 23.6 Å². The van der Waals surface area contributed by atoms with Crippen molar-refractivity contribution in [2.45, 2.75) is 51.1 Å². The van der Waals surface area contributed by atoms with E-state index in [4.69, 9.17) is 4.98 Å². The van der Waals surface area contributed by atoms with Crippen LogP contribution < -0.4 is 0 Å². The fourth-order valence-corrected chi connectivity index (χ4v) is 4.79. The molecule has 130 valence electrons. The molecule has 7 heteroatoms. The zero-order chi connectivity index (χ0) is 17.0. The summed E-state index contributed by atoms with van der Waals surface area (Å²) >= 11 is 1.67. The van der Waals surface area contributed by atoms with Gasteiger partial charge in [-0.3, -0.25) is 4.98 Å². The summed E-state index contributed by atoms with van der Waals surface area (Å²) in [4.78, 5) is 8.95. The number of hydrogen-bond donors (Lipinski definition) is 0. The Morgan fingerprint density at radius 2 is 1.92 bits per heavy atom. The molecular weight excluding hydrogens is 342 g/mol. The molecule has 1 fully saturated rings. The monoisotopic (exact) mass is 365 g/mol. The Labute approximate surface area is 147 Å². The van der Waals surface area contributed by atoms with E-state index < -0.39 is 10.0 Å². The number of aromatic nitrogens is 2. The van der Waals surface area contributed by atoms with E-state index in [9.17, 15) is 8.42 Å². The molecular formula is C17H23N3O2S2. The molecule has 0 bridgehead atoms. The molecule has 0 amide bonds. The highest BCUT2D eigenvalue weighted by Gasteiger charge is 2.22. The summed E-state index contributed by atoms with van der Waals surface area (Å²) in [5, 5.41) is 3.16. The van der Waals surface area contributed by atoms with Gasteiger partial charge in [-0.05, 0) is 25.0 Å². The SMILES string of the molecule is CS(=O)(=O)N(Cc1ccccn1)Cc1csc(C2CCCCC2)n1. The van der Waals surface area contributed by atoms with Crippen LogP contribution in [0, 0.1) is 0 Å². The smallest absolute Gasteiger partial charge is 0.211 e. The first-order valence-electron chi connectivity index (χ1n) is 8.32. The zero-order valence-electron chi connectivity index (χ0n) is 13.9. The molecule has 2 aromatic heterocycles. The summed E-state index contributed by atoms with van der Waals surface area (Å²) < 4.78 is 25.7. The van der Waals surface area contributed by atoms with Gasteiger partial charge in [-0.15, -0.1) is 11.3 Å². The van der Waals surface area contributed by atoms with Crippen molar-refractivity contribution in [1.82, 2.24) is 14.3 Å². The third kappa shape index (κ3) is 4.62. The quantitative estimate of drug-likeness (QED) is 0.785. The van der Waals surface area contributed by atoms with Gasteiger partial charge in [0.1, 0.15) is 0 Å². The first-order valence-corrected chi connectivity index (χ1v) is 11.0. The van der Waals surface area contributed by atoms with Crippen molar-refractivity contribution >= 4 is 21.4 Å². The summed E-state index contributed by atoms with van der Waals surface area (Å²) in [6, 6.07) is 5.53. The topological polar surface area (TPSA) is 63.2 Å². The zero-order valence-corrected chi connectivity index (χ0v) is 15.5. The molecule has 0 aromatic carbocycles. The van der Waals surface area contributed by atoms with E-state index in [1.165, 1.54) is 42.7 Å². The number of sulfonamides is 1. The minimum absolute atomic E-state index is 0.274. The first-order chi connectivity index (χ1) is 11.5. The van der Waals surface area contributed by atoms with E-state index in [2.05, 4.69) is 4.98 Å². The molecule has 0 spiro atoms. The van der Waals surface area contributed by atoms with Gasteiger partial charge in [0.2, 0.25) is 10.0 Å². The van der Waals surface area contributed by atoms with Crippen molar-refractivity contribution in [3.05, 3.63) is 46.2 Å². The highest BCUT2D eigenvalue weighted by molar-refractivity contribution is 7.88. The Kier molecular flexibility index (Phi) is 5.63. The van der Waals surface area contributed by atoms with Crippen LogP contribution in [0.1, 0.15) is 54.4 Å². The highest BCUT2D eigenvalue weighted by atomic mass is 32.2. The fraction of sp³-hybridized carbons (Fsp3) is 0.529. The minimum Gasteiger partial charge on any atom is -0.260 e. The molecule has 0 saturated heterocycles. The second-order valence-electron chi connectivity index (χ2n) is 6.36. The van der Waals surface area contributed by atoms with Crippen LogP contribution >= 0.6 is 11.3 Å². The van der Waals surface area contributed by atoms with Gasteiger partial charge in [-0.25, -0.2) is 13.4 Å². The van der Waals surface area contributed by atoms with E-state index in [0.717, 1.165) is 16.4 Å². The van der Waals surface area contributed by atoms with E-state index in [-0.39, 0.29) is 6.54 Å². The van der Waals surface area contributed by atoms with Crippen molar-refractivity contribution in [1.29, 1.82) is 0 Å². The Hall–Kier alpha value is -1.31. The Bertz CT molecular complexity index is 753. The van der Waals surface area contributed by atoms with Crippen molar-refractivity contribution in [2.75, 3.05) is 6.26 Å². The van der Waals surface area contributed by atoms with Crippen LogP contribution in [-0.4, -0.2) is 28.9 Å². The van der Waals surface area contributed by atoms with Crippen molar-refractivity contribution in [2.24, 2.45) is 0 Å². The second-order valence-corrected chi connectivity index (χ2v) is 9.24. The summed E-state index contributed by atoms with van der Waals surface area (Å²) in [7, 11) is -3.32. The lowest BCUT2D eigenvalue weighted by Gasteiger charge is -2.20. The van der Waals surface area contributed by atoms with Gasteiger partial charge < -0.3 is 0 Å². The summed E-state index contributed by atoms with van der Waals surface area (Å²) in [6.07, 6.45) is 9.20. The molecule has 3 rings (SSSR count). The number of hydrogen-bond acceptors (Lipinski definition) is 5. The minimum atomic E-state index is -3.32. The largest absolute Gasteiger partial charge is 0.260 e. The first kappa shape index (κ1) is 17.5.